The van der Waals surface area contributed by atoms with Crippen molar-refractivity contribution < 1.29 is 15.0 Å². The third-order valence-corrected chi connectivity index (χ3v) is 4.08. The smallest absolute Gasteiger partial charge is 0.160 e. The zero-order chi connectivity index (χ0) is 15.2. The van der Waals surface area contributed by atoms with Gasteiger partial charge in [0.2, 0.25) is 0 Å². The lowest BCUT2D eigenvalue weighted by Gasteiger charge is -2.24. The molecular formula is C15H18N2O3S. The SMILES string of the molecule is Nc1ccc(N(CCO)CCO)cc1-c1ccsc1C=O. The normalized spacial score (nSPS) is 10.6. The molecule has 0 bridgehead atoms. The van der Waals surface area contributed by atoms with Crippen LogP contribution in [0.25, 0.3) is 11.1 Å². The molecule has 0 saturated carbocycles. The molecule has 1 aromatic carbocycles. The van der Waals surface area contributed by atoms with Gasteiger partial charge in [-0.25, -0.2) is 0 Å². The number of rotatable bonds is 7. The number of anilines is 2. The third-order valence-electron chi connectivity index (χ3n) is 3.23. The zero-order valence-electron chi connectivity index (χ0n) is 11.5. The Morgan fingerprint density at radius 1 is 1.14 bits per heavy atom. The molecule has 5 nitrogen and oxygen atoms in total. The summed E-state index contributed by atoms with van der Waals surface area (Å²) in [6.45, 7) is 0.845. The van der Waals surface area contributed by atoms with E-state index in [2.05, 4.69) is 0 Å². The minimum absolute atomic E-state index is 0.00223. The van der Waals surface area contributed by atoms with Crippen LogP contribution < -0.4 is 10.6 Å². The third kappa shape index (κ3) is 3.41. The molecule has 0 unspecified atom stereocenters. The number of carbonyl (C=O) groups is 1. The summed E-state index contributed by atoms with van der Waals surface area (Å²) in [7, 11) is 0. The lowest BCUT2D eigenvalue weighted by Crippen LogP contribution is -2.29. The maximum atomic E-state index is 11.1. The molecule has 112 valence electrons. The van der Waals surface area contributed by atoms with Crippen molar-refractivity contribution in [2.24, 2.45) is 0 Å². The van der Waals surface area contributed by atoms with Gasteiger partial charge in [-0.2, -0.15) is 0 Å². The number of hydrogen-bond acceptors (Lipinski definition) is 6. The Morgan fingerprint density at radius 3 is 2.48 bits per heavy atom. The Balaban J connectivity index is 2.43. The second-order valence-corrected chi connectivity index (χ2v) is 5.47. The van der Waals surface area contributed by atoms with Crippen LogP contribution in [0.3, 0.4) is 0 Å². The van der Waals surface area contributed by atoms with Crippen molar-refractivity contribution in [2.75, 3.05) is 36.9 Å². The minimum Gasteiger partial charge on any atom is -0.398 e. The van der Waals surface area contributed by atoms with Crippen molar-refractivity contribution >= 4 is 29.0 Å². The van der Waals surface area contributed by atoms with E-state index in [0.717, 1.165) is 23.1 Å². The molecule has 0 spiro atoms. The van der Waals surface area contributed by atoms with E-state index in [1.807, 2.05) is 28.5 Å². The molecule has 1 aromatic heterocycles. The molecule has 0 saturated heterocycles. The standard InChI is InChI=1S/C15H18N2O3S/c16-14-2-1-11(17(4-6-18)5-7-19)9-13(14)12-3-8-21-15(12)10-20/h1-3,8-10,18-19H,4-7,16H2. The second kappa shape index (κ2) is 7.21. The highest BCUT2D eigenvalue weighted by Gasteiger charge is 2.13. The van der Waals surface area contributed by atoms with Gasteiger partial charge in [0.05, 0.1) is 18.1 Å². The topological polar surface area (TPSA) is 86.8 Å². The number of thiophene rings is 1. The van der Waals surface area contributed by atoms with Crippen LogP contribution in [0.1, 0.15) is 9.67 Å². The molecule has 0 atom stereocenters. The number of nitrogen functional groups attached to an aromatic ring is 1. The summed E-state index contributed by atoms with van der Waals surface area (Å²) in [5.41, 5.74) is 9.06. The molecule has 2 rings (SSSR count). The first kappa shape index (κ1) is 15.5. The van der Waals surface area contributed by atoms with E-state index in [-0.39, 0.29) is 13.2 Å². The van der Waals surface area contributed by atoms with Gasteiger partial charge in [0, 0.05) is 35.6 Å². The number of carbonyl (C=O) groups excluding carboxylic acids is 1. The van der Waals surface area contributed by atoms with Crippen LogP contribution in [-0.4, -0.2) is 42.8 Å². The largest absolute Gasteiger partial charge is 0.398 e. The monoisotopic (exact) mass is 306 g/mol. The summed E-state index contributed by atoms with van der Waals surface area (Å²) < 4.78 is 0. The summed E-state index contributed by atoms with van der Waals surface area (Å²) in [5.74, 6) is 0. The van der Waals surface area contributed by atoms with Crippen LogP contribution in [0.2, 0.25) is 0 Å². The van der Waals surface area contributed by atoms with Crippen molar-refractivity contribution in [2.45, 2.75) is 0 Å². The van der Waals surface area contributed by atoms with E-state index < -0.39 is 0 Å². The fourth-order valence-corrected chi connectivity index (χ4v) is 2.93. The Hall–Kier alpha value is -1.89. The molecule has 0 amide bonds. The highest BCUT2D eigenvalue weighted by molar-refractivity contribution is 7.12. The zero-order valence-corrected chi connectivity index (χ0v) is 12.3. The van der Waals surface area contributed by atoms with Gasteiger partial charge < -0.3 is 20.8 Å². The molecule has 0 aliphatic rings. The van der Waals surface area contributed by atoms with Crippen LogP contribution >= 0.6 is 11.3 Å². The first-order valence-corrected chi connectivity index (χ1v) is 7.48. The predicted octanol–water partition coefficient (Wildman–Crippen LogP) is 1.60. The highest BCUT2D eigenvalue weighted by Crippen LogP contribution is 2.34. The molecule has 2 aromatic rings. The fourth-order valence-electron chi connectivity index (χ4n) is 2.22. The molecule has 0 radical (unpaired) electrons. The van der Waals surface area contributed by atoms with Crippen LogP contribution in [0.15, 0.2) is 29.6 Å². The van der Waals surface area contributed by atoms with E-state index in [9.17, 15) is 4.79 Å². The van der Waals surface area contributed by atoms with E-state index in [0.29, 0.717) is 23.7 Å². The maximum absolute atomic E-state index is 11.1. The van der Waals surface area contributed by atoms with Gasteiger partial charge in [-0.15, -0.1) is 11.3 Å². The molecule has 21 heavy (non-hydrogen) atoms. The lowest BCUT2D eigenvalue weighted by molar-refractivity contribution is 0.112. The fraction of sp³-hybridized carbons (Fsp3) is 0.267. The van der Waals surface area contributed by atoms with Crippen molar-refractivity contribution in [1.29, 1.82) is 0 Å². The minimum atomic E-state index is -0.00223. The van der Waals surface area contributed by atoms with E-state index >= 15 is 0 Å². The molecule has 6 heteroatoms. The first-order valence-electron chi connectivity index (χ1n) is 6.60. The predicted molar refractivity (Wildman–Crippen MR) is 85.9 cm³/mol. The lowest BCUT2D eigenvalue weighted by atomic mass is 10.0. The van der Waals surface area contributed by atoms with Crippen LogP contribution in [-0.2, 0) is 0 Å². The Kier molecular flexibility index (Phi) is 5.32. The number of aliphatic hydroxyl groups is 2. The van der Waals surface area contributed by atoms with E-state index in [4.69, 9.17) is 15.9 Å². The molecule has 4 N–H and O–H groups in total. The van der Waals surface area contributed by atoms with Gasteiger partial charge in [-0.3, -0.25) is 4.79 Å². The van der Waals surface area contributed by atoms with E-state index in [1.54, 1.807) is 6.07 Å². The van der Waals surface area contributed by atoms with Crippen LogP contribution in [0.4, 0.5) is 11.4 Å². The first-order chi connectivity index (χ1) is 10.2. The summed E-state index contributed by atoms with van der Waals surface area (Å²) >= 11 is 1.37. The number of aliphatic hydroxyl groups excluding tert-OH is 2. The van der Waals surface area contributed by atoms with Gasteiger partial charge in [-0.1, -0.05) is 0 Å². The van der Waals surface area contributed by atoms with Gasteiger partial charge in [0.15, 0.2) is 6.29 Å². The Labute approximate surface area is 127 Å². The Bertz CT molecular complexity index is 607. The summed E-state index contributed by atoms with van der Waals surface area (Å²) in [6, 6.07) is 7.37. The number of nitrogens with zero attached hydrogens (tertiary/aromatic N) is 1. The van der Waals surface area contributed by atoms with Crippen molar-refractivity contribution in [3.63, 3.8) is 0 Å². The number of hydrogen-bond donors (Lipinski definition) is 3. The molecular weight excluding hydrogens is 288 g/mol. The average molecular weight is 306 g/mol. The van der Waals surface area contributed by atoms with E-state index in [1.165, 1.54) is 11.3 Å². The number of benzene rings is 1. The van der Waals surface area contributed by atoms with Crippen molar-refractivity contribution in [3.05, 3.63) is 34.5 Å². The van der Waals surface area contributed by atoms with Gasteiger partial charge in [0.1, 0.15) is 0 Å². The molecule has 0 fully saturated rings. The summed E-state index contributed by atoms with van der Waals surface area (Å²) in [6.07, 6.45) is 0.825. The van der Waals surface area contributed by atoms with Gasteiger partial charge >= 0.3 is 0 Å². The van der Waals surface area contributed by atoms with Crippen molar-refractivity contribution in [3.8, 4) is 11.1 Å². The van der Waals surface area contributed by atoms with Crippen LogP contribution in [0.5, 0.6) is 0 Å². The number of aldehydes is 1. The van der Waals surface area contributed by atoms with Crippen molar-refractivity contribution in [1.82, 2.24) is 0 Å². The summed E-state index contributed by atoms with van der Waals surface area (Å²) in [5, 5.41) is 20.1. The van der Waals surface area contributed by atoms with Crippen LogP contribution in [0, 0.1) is 0 Å². The quantitative estimate of drug-likeness (QED) is 0.534. The van der Waals surface area contributed by atoms with Gasteiger partial charge in [0.25, 0.3) is 0 Å². The second-order valence-electron chi connectivity index (χ2n) is 4.52. The molecule has 0 aliphatic heterocycles. The molecule has 1 heterocycles. The Morgan fingerprint density at radius 2 is 1.86 bits per heavy atom. The average Bonchev–Trinajstić information content (AvgIpc) is 2.96. The molecule has 0 aliphatic carbocycles. The van der Waals surface area contributed by atoms with Gasteiger partial charge in [-0.05, 0) is 29.6 Å². The maximum Gasteiger partial charge on any atom is 0.160 e. The highest BCUT2D eigenvalue weighted by atomic mass is 32.1. The summed E-state index contributed by atoms with van der Waals surface area (Å²) in [4.78, 5) is 13.6. The number of nitrogens with two attached hydrogens (primary N) is 1.